The number of hydrogen-bond acceptors (Lipinski definition) is 5. The van der Waals surface area contributed by atoms with Gasteiger partial charge in [-0.3, -0.25) is 9.36 Å². The van der Waals surface area contributed by atoms with Crippen LogP contribution in [0.4, 0.5) is 4.39 Å². The lowest BCUT2D eigenvalue weighted by Crippen LogP contribution is -2.33. The molecule has 0 aromatic heterocycles. The molecule has 0 spiro atoms. The van der Waals surface area contributed by atoms with E-state index >= 15 is 0 Å². The second kappa shape index (κ2) is 6.96. The summed E-state index contributed by atoms with van der Waals surface area (Å²) in [5.41, 5.74) is 5.13. The van der Waals surface area contributed by atoms with Gasteiger partial charge in [-0.25, -0.2) is 4.39 Å². The lowest BCUT2D eigenvalue weighted by Gasteiger charge is -2.21. The topological polar surface area (TPSA) is 98.9 Å². The second-order valence-corrected chi connectivity index (χ2v) is 5.15. The highest BCUT2D eigenvalue weighted by Crippen LogP contribution is 2.54. The van der Waals surface area contributed by atoms with E-state index in [0.717, 1.165) is 0 Å². The molecule has 8 heteroatoms. The third-order valence-corrected chi connectivity index (χ3v) is 3.86. The maximum atomic E-state index is 13.6. The molecular weight excluding hydrogens is 240 g/mol. The fraction of sp³-hybridized carbons (Fsp3) is 0.875. The van der Waals surface area contributed by atoms with Gasteiger partial charge in [-0.05, 0) is 13.8 Å². The summed E-state index contributed by atoms with van der Waals surface area (Å²) in [6.45, 7) is 3.10. The summed E-state index contributed by atoms with van der Waals surface area (Å²) < 4.78 is 34.8. The van der Waals surface area contributed by atoms with Gasteiger partial charge in [0.15, 0.2) is 0 Å². The molecule has 16 heavy (non-hydrogen) atoms. The number of aliphatic carboxylic acids is 1. The first-order chi connectivity index (χ1) is 7.37. The molecule has 0 aromatic carbocycles. The summed E-state index contributed by atoms with van der Waals surface area (Å²) in [5, 5.41) is 8.49. The Morgan fingerprint density at radius 3 is 2.19 bits per heavy atom. The van der Waals surface area contributed by atoms with Crippen molar-refractivity contribution in [2.75, 3.05) is 13.2 Å². The quantitative estimate of drug-likeness (QED) is 0.637. The van der Waals surface area contributed by atoms with Crippen LogP contribution in [0.3, 0.4) is 0 Å². The van der Waals surface area contributed by atoms with Crippen molar-refractivity contribution >= 4 is 13.6 Å². The van der Waals surface area contributed by atoms with Crippen molar-refractivity contribution in [1.29, 1.82) is 0 Å². The minimum atomic E-state index is -3.91. The van der Waals surface area contributed by atoms with E-state index in [1.54, 1.807) is 0 Å². The van der Waals surface area contributed by atoms with E-state index < -0.39 is 31.9 Å². The van der Waals surface area contributed by atoms with E-state index in [4.69, 9.17) is 19.9 Å². The zero-order chi connectivity index (χ0) is 12.8. The fourth-order valence-electron chi connectivity index (χ4n) is 0.998. The van der Waals surface area contributed by atoms with Crippen LogP contribution in [0, 0.1) is 0 Å². The Balaban J connectivity index is 4.55. The van der Waals surface area contributed by atoms with Gasteiger partial charge >= 0.3 is 13.6 Å². The average molecular weight is 257 g/mol. The highest BCUT2D eigenvalue weighted by atomic mass is 31.2. The third-order valence-electron chi connectivity index (χ3n) is 1.73. The third kappa shape index (κ3) is 4.57. The van der Waals surface area contributed by atoms with E-state index in [2.05, 4.69) is 0 Å². The van der Waals surface area contributed by atoms with E-state index in [9.17, 15) is 13.8 Å². The molecule has 0 amide bonds. The largest absolute Gasteiger partial charge is 0.480 e. The van der Waals surface area contributed by atoms with Crippen LogP contribution in [-0.4, -0.2) is 36.2 Å². The standard InChI is InChI=1S/C8H17FNO5P/c1-3-14-16(13,15-4-2)7(9)5-6(10)8(11)12/h6-7H,3-5,10H2,1-2H3,(H,11,12)/t6-,7-/m0/s1. The molecule has 6 nitrogen and oxygen atoms in total. The molecule has 0 saturated carbocycles. The monoisotopic (exact) mass is 257 g/mol. The molecule has 96 valence electrons. The van der Waals surface area contributed by atoms with Crippen LogP contribution in [0.1, 0.15) is 20.3 Å². The molecule has 0 aliphatic carbocycles. The molecule has 0 radical (unpaired) electrons. The predicted octanol–water partition coefficient (Wildman–Crippen LogP) is 1.35. The molecule has 0 aliphatic heterocycles. The van der Waals surface area contributed by atoms with Gasteiger partial charge in [0, 0.05) is 6.42 Å². The first-order valence-corrected chi connectivity index (χ1v) is 6.49. The van der Waals surface area contributed by atoms with E-state index in [-0.39, 0.29) is 13.2 Å². The maximum Gasteiger partial charge on any atom is 0.364 e. The molecule has 0 aliphatic rings. The first-order valence-electron chi connectivity index (χ1n) is 4.88. The lowest BCUT2D eigenvalue weighted by atomic mass is 10.2. The minimum absolute atomic E-state index is 0.0139. The number of hydrogen-bond donors (Lipinski definition) is 2. The molecule has 0 fully saturated rings. The van der Waals surface area contributed by atoms with Crippen LogP contribution in [0.25, 0.3) is 0 Å². The predicted molar refractivity (Wildman–Crippen MR) is 56.0 cm³/mol. The van der Waals surface area contributed by atoms with Crippen LogP contribution in [-0.2, 0) is 18.4 Å². The Morgan fingerprint density at radius 1 is 1.44 bits per heavy atom. The zero-order valence-electron chi connectivity index (χ0n) is 9.26. The summed E-state index contributed by atoms with van der Waals surface area (Å²) in [5.74, 6) is -3.39. The van der Waals surface area contributed by atoms with Crippen molar-refractivity contribution in [2.24, 2.45) is 5.73 Å². The molecular formula is C8H17FNO5P. The fourth-order valence-corrected chi connectivity index (χ4v) is 2.60. The summed E-state index contributed by atoms with van der Waals surface area (Å²) in [6.07, 6.45) is -0.605. The number of halogens is 1. The molecule has 0 bridgehead atoms. The van der Waals surface area contributed by atoms with Crippen LogP contribution in [0.2, 0.25) is 0 Å². The Hall–Kier alpha value is -0.490. The zero-order valence-corrected chi connectivity index (χ0v) is 10.2. The van der Waals surface area contributed by atoms with E-state index in [1.807, 2.05) is 0 Å². The van der Waals surface area contributed by atoms with Crippen LogP contribution in [0.15, 0.2) is 0 Å². The summed E-state index contributed by atoms with van der Waals surface area (Å²) >= 11 is 0. The van der Waals surface area contributed by atoms with Crippen LogP contribution < -0.4 is 5.73 Å². The van der Waals surface area contributed by atoms with Crippen molar-refractivity contribution in [3.05, 3.63) is 0 Å². The number of rotatable bonds is 8. The average Bonchev–Trinajstić information content (AvgIpc) is 2.18. The van der Waals surface area contributed by atoms with Gasteiger partial charge in [0.05, 0.1) is 13.2 Å². The highest BCUT2D eigenvalue weighted by Gasteiger charge is 2.38. The molecule has 3 N–H and O–H groups in total. The Labute approximate surface area is 93.4 Å². The maximum absolute atomic E-state index is 13.6. The molecule has 2 atom stereocenters. The summed E-state index contributed by atoms with van der Waals surface area (Å²) in [4.78, 5) is 10.4. The summed E-state index contributed by atoms with van der Waals surface area (Å²) in [7, 11) is -3.91. The van der Waals surface area contributed by atoms with E-state index in [0.29, 0.717) is 0 Å². The van der Waals surface area contributed by atoms with Crippen molar-refractivity contribution in [3.8, 4) is 0 Å². The van der Waals surface area contributed by atoms with Crippen molar-refractivity contribution in [3.63, 3.8) is 0 Å². The normalized spacial score (nSPS) is 15.8. The number of carboxylic acids is 1. The van der Waals surface area contributed by atoms with E-state index in [1.165, 1.54) is 13.8 Å². The second-order valence-electron chi connectivity index (χ2n) is 2.99. The SMILES string of the molecule is CCOP(=O)(OCC)[C@H](F)C[C@H](N)C(=O)O. The molecule has 0 heterocycles. The minimum Gasteiger partial charge on any atom is -0.480 e. The lowest BCUT2D eigenvalue weighted by molar-refractivity contribution is -0.138. The van der Waals surface area contributed by atoms with Crippen LogP contribution in [0.5, 0.6) is 0 Å². The molecule has 0 rings (SSSR count). The summed E-state index contributed by atoms with van der Waals surface area (Å²) in [6, 6.07) is -1.43. The van der Waals surface area contributed by atoms with Crippen molar-refractivity contribution in [1.82, 2.24) is 0 Å². The Bertz CT molecular complexity index is 265. The van der Waals surface area contributed by atoms with Gasteiger partial charge in [-0.15, -0.1) is 0 Å². The molecule has 0 aromatic rings. The molecule has 0 saturated heterocycles. The Morgan fingerprint density at radius 2 is 1.88 bits per heavy atom. The first kappa shape index (κ1) is 15.5. The van der Waals surface area contributed by atoms with Gasteiger partial charge in [0.25, 0.3) is 0 Å². The number of carboxylic acid groups (broad SMARTS) is 1. The smallest absolute Gasteiger partial charge is 0.364 e. The Kier molecular flexibility index (Phi) is 6.74. The van der Waals surface area contributed by atoms with Crippen molar-refractivity contribution in [2.45, 2.75) is 32.2 Å². The van der Waals surface area contributed by atoms with Gasteiger partial charge in [0.2, 0.25) is 5.91 Å². The van der Waals surface area contributed by atoms with Gasteiger partial charge < -0.3 is 19.9 Å². The highest BCUT2D eigenvalue weighted by molar-refractivity contribution is 7.54. The van der Waals surface area contributed by atoms with Gasteiger partial charge in [-0.2, -0.15) is 0 Å². The van der Waals surface area contributed by atoms with Gasteiger partial charge in [0.1, 0.15) is 6.04 Å². The van der Waals surface area contributed by atoms with Gasteiger partial charge in [-0.1, -0.05) is 0 Å². The van der Waals surface area contributed by atoms with Crippen LogP contribution >= 0.6 is 7.60 Å². The number of carbonyl (C=O) groups is 1. The van der Waals surface area contributed by atoms with Crippen molar-refractivity contribution < 1.29 is 27.9 Å². The number of nitrogens with two attached hydrogens (primary N) is 1. The number of alkyl halides is 1. The molecule has 0 unspecified atom stereocenters.